The fraction of sp³-hybridized carbons (Fsp3) is 0.160. The number of aromatic nitrogens is 1. The summed E-state index contributed by atoms with van der Waals surface area (Å²) in [6, 6.07) is 22.1. The van der Waals surface area contributed by atoms with Crippen LogP contribution in [0, 0.1) is 13.8 Å². The smallest absolute Gasteiger partial charge is 0.234 e. The molecule has 0 spiro atoms. The lowest BCUT2D eigenvalue weighted by atomic mass is 10.1. The van der Waals surface area contributed by atoms with Crippen LogP contribution in [-0.4, -0.2) is 16.2 Å². The van der Waals surface area contributed by atoms with Crippen LogP contribution in [0.25, 0.3) is 10.9 Å². The van der Waals surface area contributed by atoms with Crippen LogP contribution >= 0.6 is 23.4 Å². The molecule has 3 aromatic carbocycles. The average molecular weight is 435 g/mol. The summed E-state index contributed by atoms with van der Waals surface area (Å²) in [4.78, 5) is 13.5. The van der Waals surface area contributed by atoms with Gasteiger partial charge in [0.2, 0.25) is 5.91 Å². The highest BCUT2D eigenvalue weighted by Crippen LogP contribution is 2.31. The largest absolute Gasteiger partial charge is 0.342 e. The van der Waals surface area contributed by atoms with Gasteiger partial charge in [0.25, 0.3) is 0 Å². The third kappa shape index (κ3) is 4.72. The Hall–Kier alpha value is -2.69. The zero-order valence-electron chi connectivity index (χ0n) is 17.0. The Balaban J connectivity index is 1.52. The Kier molecular flexibility index (Phi) is 6.16. The van der Waals surface area contributed by atoms with Gasteiger partial charge in [-0.3, -0.25) is 4.79 Å². The Bertz CT molecular complexity index is 1200. The van der Waals surface area contributed by atoms with E-state index in [9.17, 15) is 4.79 Å². The van der Waals surface area contributed by atoms with Gasteiger partial charge < -0.3 is 9.88 Å². The van der Waals surface area contributed by atoms with Gasteiger partial charge in [0.15, 0.2) is 0 Å². The lowest BCUT2D eigenvalue weighted by Crippen LogP contribution is -2.13. The molecule has 3 nitrogen and oxygen atoms in total. The predicted octanol–water partition coefficient (Wildman–Crippen LogP) is 6.69. The van der Waals surface area contributed by atoms with Crippen molar-refractivity contribution in [3.63, 3.8) is 0 Å². The number of nitrogens with zero attached hydrogens (tertiary/aromatic N) is 1. The minimum Gasteiger partial charge on any atom is -0.342 e. The van der Waals surface area contributed by atoms with Crippen molar-refractivity contribution >= 4 is 45.9 Å². The molecule has 1 N–H and O–H groups in total. The van der Waals surface area contributed by atoms with Crippen molar-refractivity contribution in [1.82, 2.24) is 4.57 Å². The van der Waals surface area contributed by atoms with Gasteiger partial charge >= 0.3 is 0 Å². The second kappa shape index (κ2) is 8.99. The number of nitrogens with one attached hydrogen (secondary N) is 1. The van der Waals surface area contributed by atoms with Gasteiger partial charge in [-0.15, -0.1) is 11.8 Å². The Morgan fingerprint density at radius 3 is 2.60 bits per heavy atom. The van der Waals surface area contributed by atoms with E-state index in [4.69, 9.17) is 11.6 Å². The van der Waals surface area contributed by atoms with E-state index in [2.05, 4.69) is 66.3 Å². The first-order chi connectivity index (χ1) is 14.5. The summed E-state index contributed by atoms with van der Waals surface area (Å²) in [6.45, 7) is 5.08. The quantitative estimate of drug-likeness (QED) is 0.343. The highest BCUT2D eigenvalue weighted by Gasteiger charge is 2.12. The molecular weight excluding hydrogens is 412 g/mol. The molecule has 0 bridgehead atoms. The summed E-state index contributed by atoms with van der Waals surface area (Å²) >= 11 is 7.46. The molecule has 1 aromatic heterocycles. The second-order valence-electron chi connectivity index (χ2n) is 7.41. The lowest BCUT2D eigenvalue weighted by molar-refractivity contribution is -0.113. The molecule has 0 atom stereocenters. The molecule has 0 aliphatic rings. The minimum atomic E-state index is -0.0336. The first-order valence-electron chi connectivity index (χ1n) is 9.82. The van der Waals surface area contributed by atoms with Crippen molar-refractivity contribution in [1.29, 1.82) is 0 Å². The van der Waals surface area contributed by atoms with E-state index in [1.165, 1.54) is 27.6 Å². The molecule has 4 aromatic rings. The van der Waals surface area contributed by atoms with E-state index in [0.29, 0.717) is 10.8 Å². The second-order valence-corrected chi connectivity index (χ2v) is 8.87. The normalized spacial score (nSPS) is 11.0. The molecule has 0 fully saturated rings. The van der Waals surface area contributed by atoms with Gasteiger partial charge in [-0.1, -0.05) is 53.6 Å². The summed E-state index contributed by atoms with van der Waals surface area (Å²) in [5, 5.41) is 4.75. The number of hydrogen-bond acceptors (Lipinski definition) is 2. The Morgan fingerprint density at radius 2 is 1.80 bits per heavy atom. The number of carbonyl (C=O) groups excluding carboxylic acids is 1. The van der Waals surface area contributed by atoms with E-state index in [1.54, 1.807) is 36.0 Å². The molecule has 0 radical (unpaired) electrons. The van der Waals surface area contributed by atoms with E-state index >= 15 is 0 Å². The number of para-hydroxylation sites is 1. The number of hydrogen-bond donors (Lipinski definition) is 1. The van der Waals surface area contributed by atoms with Gasteiger partial charge in [-0.2, -0.15) is 0 Å². The maximum atomic E-state index is 12.4. The fourth-order valence-electron chi connectivity index (χ4n) is 3.49. The summed E-state index contributed by atoms with van der Waals surface area (Å²) < 4.78 is 2.27. The van der Waals surface area contributed by atoms with E-state index in [0.717, 1.165) is 17.1 Å². The molecule has 1 amide bonds. The van der Waals surface area contributed by atoms with Crippen LogP contribution in [-0.2, 0) is 11.3 Å². The third-order valence-electron chi connectivity index (χ3n) is 5.08. The number of benzene rings is 3. The third-order valence-corrected chi connectivity index (χ3v) is 6.38. The van der Waals surface area contributed by atoms with Gasteiger partial charge in [0, 0.05) is 39.3 Å². The summed E-state index contributed by atoms with van der Waals surface area (Å²) in [5.74, 6) is 0.314. The molecule has 30 heavy (non-hydrogen) atoms. The Labute approximate surface area is 186 Å². The summed E-state index contributed by atoms with van der Waals surface area (Å²) in [6.07, 6.45) is 2.16. The van der Waals surface area contributed by atoms with Crippen LogP contribution in [0.15, 0.2) is 77.8 Å². The maximum Gasteiger partial charge on any atom is 0.234 e. The predicted molar refractivity (Wildman–Crippen MR) is 128 cm³/mol. The fourth-order valence-corrected chi connectivity index (χ4v) is 4.50. The first kappa shape index (κ1) is 20.6. The van der Waals surface area contributed by atoms with Crippen LogP contribution in [0.3, 0.4) is 0 Å². The van der Waals surface area contributed by atoms with Gasteiger partial charge in [-0.05, 0) is 55.3 Å². The van der Waals surface area contributed by atoms with Crippen molar-refractivity contribution in [3.05, 3.63) is 94.6 Å². The van der Waals surface area contributed by atoms with Crippen molar-refractivity contribution < 1.29 is 4.79 Å². The first-order valence-corrected chi connectivity index (χ1v) is 11.2. The average Bonchev–Trinajstić information content (AvgIpc) is 3.09. The van der Waals surface area contributed by atoms with Crippen LogP contribution in [0.1, 0.15) is 16.7 Å². The zero-order valence-corrected chi connectivity index (χ0v) is 18.6. The van der Waals surface area contributed by atoms with Crippen molar-refractivity contribution in [3.8, 4) is 0 Å². The molecule has 5 heteroatoms. The van der Waals surface area contributed by atoms with Gasteiger partial charge in [0.1, 0.15) is 0 Å². The zero-order chi connectivity index (χ0) is 21.1. The standard InChI is InChI=1S/C25H23ClN2OS/c1-17-7-8-18(2)19(13-17)14-28-15-24(22-5-3-4-6-23(22)28)30-16-25(29)27-21-11-9-20(26)10-12-21/h3-13,15H,14,16H2,1-2H3,(H,27,29). The van der Waals surface area contributed by atoms with Crippen molar-refractivity contribution in [2.24, 2.45) is 0 Å². The van der Waals surface area contributed by atoms with Crippen molar-refractivity contribution in [2.45, 2.75) is 25.3 Å². The SMILES string of the molecule is Cc1ccc(C)c(Cn2cc(SCC(=O)Nc3ccc(Cl)cc3)c3ccccc32)c1. The molecule has 0 aliphatic carbocycles. The summed E-state index contributed by atoms with van der Waals surface area (Å²) in [7, 11) is 0. The molecule has 0 saturated heterocycles. The Morgan fingerprint density at radius 1 is 1.03 bits per heavy atom. The van der Waals surface area contributed by atoms with Crippen LogP contribution in [0.2, 0.25) is 5.02 Å². The van der Waals surface area contributed by atoms with Crippen LogP contribution < -0.4 is 5.32 Å². The number of fused-ring (bicyclic) bond motifs is 1. The van der Waals surface area contributed by atoms with Crippen LogP contribution in [0.5, 0.6) is 0 Å². The minimum absolute atomic E-state index is 0.0336. The summed E-state index contributed by atoms with van der Waals surface area (Å²) in [5.41, 5.74) is 5.80. The highest BCUT2D eigenvalue weighted by atomic mass is 35.5. The number of aryl methyl sites for hydroxylation is 2. The molecule has 4 rings (SSSR count). The van der Waals surface area contributed by atoms with Crippen LogP contribution in [0.4, 0.5) is 5.69 Å². The number of anilines is 1. The monoisotopic (exact) mass is 434 g/mol. The van der Waals surface area contributed by atoms with E-state index < -0.39 is 0 Å². The molecule has 0 aliphatic heterocycles. The van der Waals surface area contributed by atoms with E-state index in [1.807, 2.05) is 6.07 Å². The molecular formula is C25H23ClN2OS. The van der Waals surface area contributed by atoms with E-state index in [-0.39, 0.29) is 5.91 Å². The molecule has 152 valence electrons. The lowest BCUT2D eigenvalue weighted by Gasteiger charge is -2.09. The maximum absolute atomic E-state index is 12.4. The molecule has 0 unspecified atom stereocenters. The van der Waals surface area contributed by atoms with Gasteiger partial charge in [0.05, 0.1) is 5.75 Å². The molecule has 0 saturated carbocycles. The number of halogens is 1. The number of carbonyl (C=O) groups is 1. The number of amides is 1. The van der Waals surface area contributed by atoms with Gasteiger partial charge in [-0.25, -0.2) is 0 Å². The number of rotatable bonds is 6. The highest BCUT2D eigenvalue weighted by molar-refractivity contribution is 8.00. The topological polar surface area (TPSA) is 34.0 Å². The molecule has 1 heterocycles. The van der Waals surface area contributed by atoms with Crippen molar-refractivity contribution in [2.75, 3.05) is 11.1 Å². The number of thioether (sulfide) groups is 1.